The molecule has 0 radical (unpaired) electrons. The molecule has 0 N–H and O–H groups in total. The highest BCUT2D eigenvalue weighted by Crippen LogP contribution is 2.28. The molecule has 2 saturated heterocycles. The van der Waals surface area contributed by atoms with Crippen LogP contribution in [0.2, 0.25) is 0 Å². The van der Waals surface area contributed by atoms with Crippen molar-refractivity contribution in [3.8, 4) is 11.6 Å². The maximum atomic E-state index is 13.2. The van der Waals surface area contributed by atoms with Crippen LogP contribution in [-0.4, -0.2) is 76.1 Å². The quantitative estimate of drug-likeness (QED) is 0.570. The van der Waals surface area contributed by atoms with Crippen LogP contribution >= 0.6 is 0 Å². The molecule has 2 aliphatic rings. The van der Waals surface area contributed by atoms with Crippen LogP contribution in [0, 0.1) is 12.8 Å². The Morgan fingerprint density at radius 2 is 1.79 bits per heavy atom. The number of piperazine rings is 1. The summed E-state index contributed by atoms with van der Waals surface area (Å²) in [7, 11) is 1.61. The molecular weight excluding hydrogens is 434 g/mol. The molecule has 1 atom stereocenters. The van der Waals surface area contributed by atoms with E-state index in [1.807, 2.05) is 52.9 Å². The first kappa shape index (κ1) is 21.9. The highest BCUT2D eigenvalue weighted by molar-refractivity contribution is 6.00. The van der Waals surface area contributed by atoms with Crippen LogP contribution in [-0.2, 0) is 9.59 Å². The van der Waals surface area contributed by atoms with Gasteiger partial charge in [-0.15, -0.1) is 0 Å². The molecule has 2 aromatic heterocycles. The van der Waals surface area contributed by atoms with Crippen molar-refractivity contribution in [2.75, 3.05) is 49.6 Å². The fourth-order valence-electron chi connectivity index (χ4n) is 4.52. The number of aromatic nitrogens is 4. The topological polar surface area (TPSA) is 96.7 Å². The van der Waals surface area contributed by atoms with Gasteiger partial charge in [0.15, 0.2) is 0 Å². The molecular formula is C24H27N7O3. The lowest BCUT2D eigenvalue weighted by Crippen LogP contribution is -2.51. The first-order valence-corrected chi connectivity index (χ1v) is 11.3. The van der Waals surface area contributed by atoms with E-state index in [0.29, 0.717) is 38.5 Å². The Morgan fingerprint density at radius 1 is 1.06 bits per heavy atom. The van der Waals surface area contributed by atoms with Crippen molar-refractivity contribution in [3.05, 3.63) is 54.9 Å². The lowest BCUT2D eigenvalue weighted by atomic mass is 10.1. The second-order valence-corrected chi connectivity index (χ2v) is 8.52. The predicted octanol–water partition coefficient (Wildman–Crippen LogP) is 1.68. The van der Waals surface area contributed by atoms with E-state index in [0.717, 1.165) is 23.1 Å². The average Bonchev–Trinajstić information content (AvgIpc) is 3.54. The van der Waals surface area contributed by atoms with Crippen LogP contribution in [0.25, 0.3) is 5.82 Å². The molecule has 4 heterocycles. The summed E-state index contributed by atoms with van der Waals surface area (Å²) in [6.45, 7) is 4.81. The number of amides is 2. The maximum Gasteiger partial charge on any atom is 0.228 e. The Labute approximate surface area is 197 Å². The van der Waals surface area contributed by atoms with Crippen molar-refractivity contribution in [3.63, 3.8) is 0 Å². The number of ether oxygens (including phenoxy) is 1. The van der Waals surface area contributed by atoms with Crippen LogP contribution in [0.4, 0.5) is 11.5 Å². The number of rotatable bonds is 5. The molecule has 0 bridgehead atoms. The monoisotopic (exact) mass is 461 g/mol. The van der Waals surface area contributed by atoms with E-state index in [1.54, 1.807) is 24.5 Å². The number of aryl methyl sites for hydroxylation is 1. The maximum absolute atomic E-state index is 13.2. The highest BCUT2D eigenvalue weighted by atomic mass is 16.5. The molecule has 3 aromatic rings. The van der Waals surface area contributed by atoms with Gasteiger partial charge >= 0.3 is 0 Å². The molecule has 10 heteroatoms. The zero-order chi connectivity index (χ0) is 23.7. The molecule has 0 spiro atoms. The van der Waals surface area contributed by atoms with Gasteiger partial charge in [-0.05, 0) is 31.2 Å². The number of imidazole rings is 1. The van der Waals surface area contributed by atoms with Gasteiger partial charge in [-0.3, -0.25) is 14.2 Å². The highest BCUT2D eigenvalue weighted by Gasteiger charge is 2.38. The average molecular weight is 462 g/mol. The Bertz CT molecular complexity index is 1170. The third-order valence-electron chi connectivity index (χ3n) is 6.35. The summed E-state index contributed by atoms with van der Waals surface area (Å²) < 4.78 is 7.04. The fraction of sp³-hybridized carbons (Fsp3) is 0.375. The van der Waals surface area contributed by atoms with Gasteiger partial charge in [-0.1, -0.05) is 0 Å². The van der Waals surface area contributed by atoms with Gasteiger partial charge < -0.3 is 19.4 Å². The molecule has 5 rings (SSSR count). The summed E-state index contributed by atoms with van der Waals surface area (Å²) >= 11 is 0. The zero-order valence-corrected chi connectivity index (χ0v) is 19.3. The molecule has 2 amide bonds. The number of hydrogen-bond donors (Lipinski definition) is 0. The summed E-state index contributed by atoms with van der Waals surface area (Å²) in [5.74, 6) is 2.72. The van der Waals surface area contributed by atoms with Crippen LogP contribution in [0.5, 0.6) is 5.75 Å². The lowest BCUT2D eigenvalue weighted by molar-refractivity contribution is -0.136. The first-order valence-electron chi connectivity index (χ1n) is 11.3. The van der Waals surface area contributed by atoms with Crippen LogP contribution < -0.4 is 14.5 Å². The number of carbonyl (C=O) groups excluding carboxylic acids is 2. The van der Waals surface area contributed by atoms with Crippen molar-refractivity contribution in [1.82, 2.24) is 24.4 Å². The molecule has 2 fully saturated rings. The Balaban J connectivity index is 1.21. The van der Waals surface area contributed by atoms with Gasteiger partial charge in [-0.2, -0.15) is 0 Å². The second-order valence-electron chi connectivity index (χ2n) is 8.52. The number of hydrogen-bond acceptors (Lipinski definition) is 7. The van der Waals surface area contributed by atoms with Gasteiger partial charge in [0, 0.05) is 63.3 Å². The standard InChI is InChI=1S/C24H27N7O3/c1-17-26-21(14-22(27-17)30-8-7-25-16-30)28-9-11-29(12-10-28)24(33)18-13-23(32)31(15-18)19-3-5-20(34-2)6-4-19/h3-8,14,16,18H,9-13,15H2,1-2H3. The molecule has 0 aliphatic carbocycles. The predicted molar refractivity (Wildman–Crippen MR) is 126 cm³/mol. The van der Waals surface area contributed by atoms with E-state index in [2.05, 4.69) is 19.9 Å². The molecule has 2 aliphatic heterocycles. The van der Waals surface area contributed by atoms with Crippen LogP contribution in [0.1, 0.15) is 12.2 Å². The summed E-state index contributed by atoms with van der Waals surface area (Å²) in [6, 6.07) is 9.29. The van der Waals surface area contributed by atoms with Gasteiger partial charge in [0.25, 0.3) is 0 Å². The van der Waals surface area contributed by atoms with E-state index >= 15 is 0 Å². The number of anilines is 2. The normalized spacial score (nSPS) is 18.5. The molecule has 176 valence electrons. The Hall–Kier alpha value is -3.95. The lowest BCUT2D eigenvalue weighted by Gasteiger charge is -2.36. The van der Waals surface area contributed by atoms with Crippen molar-refractivity contribution in [1.29, 1.82) is 0 Å². The summed E-state index contributed by atoms with van der Waals surface area (Å²) in [5.41, 5.74) is 0.791. The van der Waals surface area contributed by atoms with E-state index in [-0.39, 0.29) is 24.2 Å². The number of methoxy groups -OCH3 is 1. The molecule has 10 nitrogen and oxygen atoms in total. The second kappa shape index (κ2) is 9.12. The van der Waals surface area contributed by atoms with Crippen molar-refractivity contribution < 1.29 is 14.3 Å². The van der Waals surface area contributed by atoms with E-state index in [9.17, 15) is 9.59 Å². The summed E-state index contributed by atoms with van der Waals surface area (Å²) in [6.07, 6.45) is 5.51. The fourth-order valence-corrected chi connectivity index (χ4v) is 4.52. The molecule has 34 heavy (non-hydrogen) atoms. The zero-order valence-electron chi connectivity index (χ0n) is 19.3. The molecule has 1 aromatic carbocycles. The minimum absolute atomic E-state index is 0.0226. The summed E-state index contributed by atoms with van der Waals surface area (Å²) in [5, 5.41) is 0. The van der Waals surface area contributed by atoms with Crippen molar-refractivity contribution in [2.24, 2.45) is 5.92 Å². The van der Waals surface area contributed by atoms with Crippen LogP contribution in [0.3, 0.4) is 0 Å². The Morgan fingerprint density at radius 3 is 2.47 bits per heavy atom. The van der Waals surface area contributed by atoms with Gasteiger partial charge in [0.05, 0.1) is 13.0 Å². The smallest absolute Gasteiger partial charge is 0.228 e. The van der Waals surface area contributed by atoms with E-state index < -0.39 is 0 Å². The van der Waals surface area contributed by atoms with Crippen LogP contribution in [0.15, 0.2) is 49.1 Å². The first-order chi connectivity index (χ1) is 16.5. The van der Waals surface area contributed by atoms with Crippen molar-refractivity contribution >= 4 is 23.3 Å². The number of nitrogens with zero attached hydrogens (tertiary/aromatic N) is 7. The third kappa shape index (κ3) is 4.30. The molecule has 1 unspecified atom stereocenters. The van der Waals surface area contributed by atoms with Gasteiger partial charge in [-0.25, -0.2) is 15.0 Å². The Kier molecular flexibility index (Phi) is 5.87. The summed E-state index contributed by atoms with van der Waals surface area (Å²) in [4.78, 5) is 44.7. The number of benzene rings is 1. The van der Waals surface area contributed by atoms with E-state index in [4.69, 9.17) is 4.74 Å². The minimum Gasteiger partial charge on any atom is -0.497 e. The number of carbonyl (C=O) groups is 2. The van der Waals surface area contributed by atoms with Gasteiger partial charge in [0.2, 0.25) is 11.8 Å². The van der Waals surface area contributed by atoms with Gasteiger partial charge in [0.1, 0.15) is 29.5 Å². The third-order valence-corrected chi connectivity index (χ3v) is 6.35. The molecule has 0 saturated carbocycles. The van der Waals surface area contributed by atoms with E-state index in [1.165, 1.54) is 0 Å². The largest absolute Gasteiger partial charge is 0.497 e. The van der Waals surface area contributed by atoms with Crippen molar-refractivity contribution in [2.45, 2.75) is 13.3 Å². The SMILES string of the molecule is COc1ccc(N2CC(C(=O)N3CCN(c4cc(-n5ccnc5)nc(C)n4)CC3)CC2=O)cc1. The minimum atomic E-state index is -0.324.